The molecule has 3 fully saturated rings. The van der Waals surface area contributed by atoms with Crippen LogP contribution in [0.5, 0.6) is 0 Å². The molecule has 0 amide bonds. The standard InChI is InChI=1S/C16H30N2S/c1-13-11-17-16(9-4-3-5-10-16)12-18(13)14-7-6-8-15(14)19-2/h13-15,17H,3-12H2,1-2H3. The number of nitrogens with one attached hydrogen (secondary N) is 1. The number of hydrogen-bond donors (Lipinski definition) is 1. The first-order valence-corrected chi connectivity index (χ1v) is 9.56. The van der Waals surface area contributed by atoms with Crippen molar-refractivity contribution in [3.63, 3.8) is 0 Å². The molecule has 1 aliphatic heterocycles. The predicted molar refractivity (Wildman–Crippen MR) is 84.9 cm³/mol. The highest BCUT2D eigenvalue weighted by molar-refractivity contribution is 7.99. The lowest BCUT2D eigenvalue weighted by atomic mass is 9.79. The van der Waals surface area contributed by atoms with Crippen LogP contribution in [0.15, 0.2) is 0 Å². The predicted octanol–water partition coefficient (Wildman–Crippen LogP) is 3.27. The second-order valence-corrected chi connectivity index (χ2v) is 8.09. The molecule has 3 atom stereocenters. The van der Waals surface area contributed by atoms with E-state index in [0.717, 1.165) is 17.3 Å². The Morgan fingerprint density at radius 3 is 2.63 bits per heavy atom. The number of thioether (sulfide) groups is 1. The van der Waals surface area contributed by atoms with Crippen molar-refractivity contribution in [1.29, 1.82) is 0 Å². The quantitative estimate of drug-likeness (QED) is 0.837. The first kappa shape index (κ1) is 14.2. The fourth-order valence-corrected chi connectivity index (χ4v) is 5.62. The number of rotatable bonds is 2. The minimum absolute atomic E-state index is 0.469. The van der Waals surface area contributed by atoms with E-state index < -0.39 is 0 Å². The Balaban J connectivity index is 1.71. The zero-order chi connectivity index (χ0) is 13.3. The van der Waals surface area contributed by atoms with E-state index in [2.05, 4.69) is 35.2 Å². The highest BCUT2D eigenvalue weighted by Crippen LogP contribution is 2.38. The Kier molecular flexibility index (Phi) is 4.45. The van der Waals surface area contributed by atoms with E-state index in [4.69, 9.17) is 0 Å². The highest BCUT2D eigenvalue weighted by atomic mass is 32.2. The summed E-state index contributed by atoms with van der Waals surface area (Å²) in [5, 5.41) is 4.81. The van der Waals surface area contributed by atoms with Gasteiger partial charge in [0.1, 0.15) is 0 Å². The smallest absolute Gasteiger partial charge is 0.0309 e. The van der Waals surface area contributed by atoms with E-state index in [-0.39, 0.29) is 0 Å². The summed E-state index contributed by atoms with van der Waals surface area (Å²) in [5.74, 6) is 0. The van der Waals surface area contributed by atoms with Gasteiger partial charge >= 0.3 is 0 Å². The fourth-order valence-electron chi connectivity index (χ4n) is 4.61. The molecule has 2 nitrogen and oxygen atoms in total. The van der Waals surface area contributed by atoms with Crippen molar-refractivity contribution >= 4 is 11.8 Å². The maximum Gasteiger partial charge on any atom is 0.0309 e. The van der Waals surface area contributed by atoms with Crippen LogP contribution in [-0.4, -0.2) is 47.1 Å². The third-order valence-electron chi connectivity index (χ3n) is 5.78. The summed E-state index contributed by atoms with van der Waals surface area (Å²) in [6.07, 6.45) is 13.8. The summed E-state index contributed by atoms with van der Waals surface area (Å²) in [6, 6.07) is 1.58. The van der Waals surface area contributed by atoms with Crippen molar-refractivity contribution < 1.29 is 0 Å². The average Bonchev–Trinajstić information content (AvgIpc) is 2.91. The van der Waals surface area contributed by atoms with Crippen LogP contribution >= 0.6 is 11.8 Å². The molecule has 3 aliphatic rings. The third kappa shape index (κ3) is 2.84. The largest absolute Gasteiger partial charge is 0.308 e. The van der Waals surface area contributed by atoms with Crippen LogP contribution < -0.4 is 5.32 Å². The van der Waals surface area contributed by atoms with Gasteiger partial charge in [0.15, 0.2) is 0 Å². The van der Waals surface area contributed by atoms with Crippen molar-refractivity contribution in [2.24, 2.45) is 0 Å². The summed E-state index contributed by atoms with van der Waals surface area (Å²) in [7, 11) is 0. The van der Waals surface area contributed by atoms with Gasteiger partial charge in [0.25, 0.3) is 0 Å². The number of hydrogen-bond acceptors (Lipinski definition) is 3. The molecule has 3 rings (SSSR count). The van der Waals surface area contributed by atoms with Crippen LogP contribution in [0.1, 0.15) is 58.3 Å². The SMILES string of the molecule is CSC1CCCC1N1CC2(CCCCC2)NCC1C. The van der Waals surface area contributed by atoms with Gasteiger partial charge < -0.3 is 5.32 Å². The van der Waals surface area contributed by atoms with Crippen molar-refractivity contribution in [3.05, 3.63) is 0 Å². The molecule has 1 spiro atoms. The first-order valence-electron chi connectivity index (χ1n) is 8.28. The molecule has 19 heavy (non-hydrogen) atoms. The van der Waals surface area contributed by atoms with E-state index in [1.165, 1.54) is 64.5 Å². The Morgan fingerprint density at radius 2 is 1.89 bits per heavy atom. The topological polar surface area (TPSA) is 15.3 Å². The van der Waals surface area contributed by atoms with Crippen molar-refractivity contribution in [2.75, 3.05) is 19.3 Å². The maximum absolute atomic E-state index is 3.92. The molecule has 0 aromatic carbocycles. The third-order valence-corrected chi connectivity index (χ3v) is 6.94. The fraction of sp³-hybridized carbons (Fsp3) is 1.00. The summed E-state index contributed by atoms with van der Waals surface area (Å²) in [4.78, 5) is 2.88. The molecule has 2 saturated carbocycles. The first-order chi connectivity index (χ1) is 9.24. The second-order valence-electron chi connectivity index (χ2n) is 7.02. The molecule has 3 unspecified atom stereocenters. The molecule has 1 N–H and O–H groups in total. The van der Waals surface area contributed by atoms with Crippen molar-refractivity contribution in [3.8, 4) is 0 Å². The van der Waals surface area contributed by atoms with E-state index in [0.29, 0.717) is 5.54 Å². The summed E-state index contributed by atoms with van der Waals surface area (Å²) >= 11 is 2.11. The van der Waals surface area contributed by atoms with Crippen LogP contribution in [0.4, 0.5) is 0 Å². The van der Waals surface area contributed by atoms with Crippen molar-refractivity contribution in [2.45, 2.75) is 81.2 Å². The van der Waals surface area contributed by atoms with Gasteiger partial charge in [-0.3, -0.25) is 4.90 Å². The molecular formula is C16H30N2S. The Hall–Kier alpha value is 0.270. The van der Waals surface area contributed by atoms with Gasteiger partial charge in [-0.15, -0.1) is 0 Å². The molecule has 0 radical (unpaired) electrons. The molecular weight excluding hydrogens is 252 g/mol. The molecule has 1 saturated heterocycles. The van der Waals surface area contributed by atoms with E-state index in [9.17, 15) is 0 Å². The molecule has 1 heterocycles. The molecule has 0 aromatic rings. The van der Waals surface area contributed by atoms with E-state index >= 15 is 0 Å². The Labute approximate surface area is 123 Å². The number of piperazine rings is 1. The normalized spacial score (nSPS) is 39.8. The average molecular weight is 282 g/mol. The van der Waals surface area contributed by atoms with Crippen LogP contribution in [0.25, 0.3) is 0 Å². The van der Waals surface area contributed by atoms with Crippen molar-refractivity contribution in [1.82, 2.24) is 10.2 Å². The number of nitrogens with zero attached hydrogens (tertiary/aromatic N) is 1. The van der Waals surface area contributed by atoms with Gasteiger partial charge in [-0.25, -0.2) is 0 Å². The van der Waals surface area contributed by atoms with Gasteiger partial charge in [0.2, 0.25) is 0 Å². The van der Waals surface area contributed by atoms with Crippen LogP contribution in [0.3, 0.4) is 0 Å². The highest BCUT2D eigenvalue weighted by Gasteiger charge is 2.43. The molecule has 2 aliphatic carbocycles. The lowest BCUT2D eigenvalue weighted by Crippen LogP contribution is -2.66. The van der Waals surface area contributed by atoms with E-state index in [1.807, 2.05) is 0 Å². The van der Waals surface area contributed by atoms with Crippen LogP contribution in [-0.2, 0) is 0 Å². The van der Waals surface area contributed by atoms with Crippen LogP contribution in [0, 0.1) is 0 Å². The van der Waals surface area contributed by atoms with Gasteiger partial charge in [0.05, 0.1) is 0 Å². The zero-order valence-electron chi connectivity index (χ0n) is 12.7. The molecule has 3 heteroatoms. The van der Waals surface area contributed by atoms with Crippen LogP contribution in [0.2, 0.25) is 0 Å². The lowest BCUT2D eigenvalue weighted by molar-refractivity contribution is 0.0342. The second kappa shape index (κ2) is 5.95. The maximum atomic E-state index is 3.92. The van der Waals surface area contributed by atoms with Gasteiger partial charge in [0, 0.05) is 36.0 Å². The monoisotopic (exact) mass is 282 g/mol. The van der Waals surface area contributed by atoms with Gasteiger partial charge in [-0.2, -0.15) is 11.8 Å². The molecule has 0 bridgehead atoms. The van der Waals surface area contributed by atoms with E-state index in [1.54, 1.807) is 0 Å². The summed E-state index contributed by atoms with van der Waals surface area (Å²) in [5.41, 5.74) is 0.469. The Morgan fingerprint density at radius 1 is 1.11 bits per heavy atom. The summed E-state index contributed by atoms with van der Waals surface area (Å²) < 4.78 is 0. The lowest BCUT2D eigenvalue weighted by Gasteiger charge is -2.51. The minimum atomic E-state index is 0.469. The minimum Gasteiger partial charge on any atom is -0.308 e. The van der Waals surface area contributed by atoms with Gasteiger partial charge in [-0.05, 0) is 38.9 Å². The van der Waals surface area contributed by atoms with Gasteiger partial charge in [-0.1, -0.05) is 25.7 Å². The molecule has 0 aromatic heterocycles. The summed E-state index contributed by atoms with van der Waals surface area (Å²) in [6.45, 7) is 4.95. The zero-order valence-corrected chi connectivity index (χ0v) is 13.5. The Bertz CT molecular complexity index is 301. The molecule has 110 valence electrons.